The van der Waals surface area contributed by atoms with Crippen LogP contribution >= 0.6 is 0 Å². The maximum absolute atomic E-state index is 12.1. The third kappa shape index (κ3) is 2.23. The molecule has 0 saturated carbocycles. The molecule has 0 atom stereocenters. The zero-order valence-corrected chi connectivity index (χ0v) is 10.4. The summed E-state index contributed by atoms with van der Waals surface area (Å²) in [6.45, 7) is 6.03. The van der Waals surface area contributed by atoms with Gasteiger partial charge in [0.05, 0.1) is 5.56 Å². The lowest BCUT2D eigenvalue weighted by Crippen LogP contribution is -2.63. The number of hydrogen-bond acceptors (Lipinski definition) is 4. The van der Waals surface area contributed by atoms with Crippen molar-refractivity contribution >= 4 is 5.91 Å². The molecular formula is C13H18N4O. The van der Waals surface area contributed by atoms with Crippen molar-refractivity contribution in [1.82, 2.24) is 20.1 Å². The molecule has 0 aromatic carbocycles. The molecule has 1 aromatic heterocycles. The zero-order chi connectivity index (χ0) is 12.4. The van der Waals surface area contributed by atoms with E-state index in [0.29, 0.717) is 11.6 Å². The Kier molecular flexibility index (Phi) is 3.25. The van der Waals surface area contributed by atoms with Gasteiger partial charge < -0.3 is 10.2 Å². The summed E-state index contributed by atoms with van der Waals surface area (Å²) in [5, 5.41) is 3.35. The second-order valence-electron chi connectivity index (χ2n) is 4.89. The molecule has 3 rings (SSSR count). The number of rotatable bonds is 2. The lowest BCUT2D eigenvalue weighted by Gasteiger charge is -2.46. The van der Waals surface area contributed by atoms with E-state index >= 15 is 0 Å². The Morgan fingerprint density at radius 3 is 2.78 bits per heavy atom. The van der Waals surface area contributed by atoms with Gasteiger partial charge in [0.2, 0.25) is 0 Å². The molecule has 3 heterocycles. The van der Waals surface area contributed by atoms with E-state index in [1.54, 1.807) is 18.5 Å². The summed E-state index contributed by atoms with van der Waals surface area (Å²) in [6.07, 6.45) is 3.33. The van der Waals surface area contributed by atoms with E-state index < -0.39 is 0 Å². The highest BCUT2D eigenvalue weighted by atomic mass is 16.2. The van der Waals surface area contributed by atoms with Crippen molar-refractivity contribution in [2.75, 3.05) is 39.3 Å². The summed E-state index contributed by atoms with van der Waals surface area (Å²) in [5.74, 6) is 0.106. The summed E-state index contributed by atoms with van der Waals surface area (Å²) in [4.78, 5) is 20.5. The Bertz CT molecular complexity index is 410. The van der Waals surface area contributed by atoms with Gasteiger partial charge in [-0.2, -0.15) is 0 Å². The van der Waals surface area contributed by atoms with E-state index in [2.05, 4.69) is 15.2 Å². The van der Waals surface area contributed by atoms with Crippen LogP contribution in [0.3, 0.4) is 0 Å². The van der Waals surface area contributed by atoms with Gasteiger partial charge in [0, 0.05) is 57.7 Å². The minimum Gasteiger partial charge on any atom is -0.335 e. The summed E-state index contributed by atoms with van der Waals surface area (Å²) in [7, 11) is 0. The molecule has 0 aliphatic carbocycles. The largest absolute Gasteiger partial charge is 0.335 e. The van der Waals surface area contributed by atoms with Crippen molar-refractivity contribution in [2.24, 2.45) is 0 Å². The number of aromatic nitrogens is 1. The van der Waals surface area contributed by atoms with E-state index in [9.17, 15) is 4.79 Å². The Morgan fingerprint density at radius 1 is 1.33 bits per heavy atom. The second kappa shape index (κ2) is 5.04. The number of pyridine rings is 1. The molecular weight excluding hydrogens is 228 g/mol. The minimum atomic E-state index is 0.106. The van der Waals surface area contributed by atoms with Crippen molar-refractivity contribution in [1.29, 1.82) is 0 Å². The van der Waals surface area contributed by atoms with Gasteiger partial charge in [-0.15, -0.1) is 0 Å². The van der Waals surface area contributed by atoms with Crippen LogP contribution in [0.2, 0.25) is 0 Å². The molecule has 96 valence electrons. The van der Waals surface area contributed by atoms with Crippen LogP contribution in [0.5, 0.6) is 0 Å². The van der Waals surface area contributed by atoms with Gasteiger partial charge in [-0.05, 0) is 12.1 Å². The molecule has 5 nitrogen and oxygen atoms in total. The quantitative estimate of drug-likeness (QED) is 0.786. The molecule has 0 spiro atoms. The van der Waals surface area contributed by atoms with Crippen LogP contribution in [-0.4, -0.2) is 66.0 Å². The average molecular weight is 246 g/mol. The molecule has 1 aromatic rings. The van der Waals surface area contributed by atoms with E-state index in [4.69, 9.17) is 0 Å². The van der Waals surface area contributed by atoms with Crippen LogP contribution in [-0.2, 0) is 0 Å². The number of carbonyl (C=O) groups is 1. The van der Waals surface area contributed by atoms with Crippen molar-refractivity contribution in [2.45, 2.75) is 6.04 Å². The molecule has 0 unspecified atom stereocenters. The number of amides is 1. The summed E-state index contributed by atoms with van der Waals surface area (Å²) in [6, 6.07) is 4.18. The van der Waals surface area contributed by atoms with Gasteiger partial charge in [-0.3, -0.25) is 14.7 Å². The molecule has 1 amide bonds. The van der Waals surface area contributed by atoms with Crippen LogP contribution in [0.1, 0.15) is 10.4 Å². The van der Waals surface area contributed by atoms with E-state index in [0.717, 1.165) is 39.3 Å². The number of likely N-dealkylation sites (tertiary alicyclic amines) is 1. The fraction of sp³-hybridized carbons (Fsp3) is 0.538. The van der Waals surface area contributed by atoms with Gasteiger partial charge in [0.15, 0.2) is 0 Å². The van der Waals surface area contributed by atoms with E-state index in [-0.39, 0.29) is 5.91 Å². The number of piperazine rings is 1. The SMILES string of the molecule is O=C(c1cccnc1)N1CC(N2CCNCC2)C1. The van der Waals surface area contributed by atoms with Gasteiger partial charge in [-0.1, -0.05) is 0 Å². The number of hydrogen-bond donors (Lipinski definition) is 1. The maximum Gasteiger partial charge on any atom is 0.255 e. The van der Waals surface area contributed by atoms with Crippen molar-refractivity contribution in [3.8, 4) is 0 Å². The van der Waals surface area contributed by atoms with Gasteiger partial charge in [0.25, 0.3) is 5.91 Å². The van der Waals surface area contributed by atoms with Crippen LogP contribution < -0.4 is 5.32 Å². The molecule has 2 saturated heterocycles. The highest BCUT2D eigenvalue weighted by molar-refractivity contribution is 5.94. The van der Waals surface area contributed by atoms with Crippen LogP contribution in [0.4, 0.5) is 0 Å². The van der Waals surface area contributed by atoms with Crippen molar-refractivity contribution in [3.63, 3.8) is 0 Å². The summed E-state index contributed by atoms with van der Waals surface area (Å²) < 4.78 is 0. The highest BCUT2D eigenvalue weighted by Crippen LogP contribution is 2.18. The fourth-order valence-corrected chi connectivity index (χ4v) is 2.57. The summed E-state index contributed by atoms with van der Waals surface area (Å²) in [5.41, 5.74) is 0.691. The molecule has 2 aliphatic heterocycles. The number of nitrogens with one attached hydrogen (secondary N) is 1. The number of carbonyl (C=O) groups excluding carboxylic acids is 1. The van der Waals surface area contributed by atoms with E-state index in [1.807, 2.05) is 11.0 Å². The normalized spacial score (nSPS) is 21.7. The monoisotopic (exact) mass is 246 g/mol. The van der Waals surface area contributed by atoms with Gasteiger partial charge >= 0.3 is 0 Å². The van der Waals surface area contributed by atoms with Crippen LogP contribution in [0.25, 0.3) is 0 Å². The molecule has 0 bridgehead atoms. The lowest BCUT2D eigenvalue weighted by molar-refractivity contribution is 0.0227. The van der Waals surface area contributed by atoms with Crippen molar-refractivity contribution < 1.29 is 4.79 Å². The Morgan fingerprint density at radius 2 is 2.11 bits per heavy atom. The molecule has 2 fully saturated rings. The minimum absolute atomic E-state index is 0.106. The highest BCUT2D eigenvalue weighted by Gasteiger charge is 2.35. The first-order valence-corrected chi connectivity index (χ1v) is 6.48. The fourth-order valence-electron chi connectivity index (χ4n) is 2.57. The Balaban J connectivity index is 1.54. The first-order chi connectivity index (χ1) is 8.84. The van der Waals surface area contributed by atoms with Gasteiger partial charge in [0.1, 0.15) is 0 Å². The third-order valence-electron chi connectivity index (χ3n) is 3.73. The first kappa shape index (κ1) is 11.6. The first-order valence-electron chi connectivity index (χ1n) is 6.48. The molecule has 1 N–H and O–H groups in total. The number of nitrogens with zero attached hydrogens (tertiary/aromatic N) is 3. The zero-order valence-electron chi connectivity index (χ0n) is 10.4. The Hall–Kier alpha value is -1.46. The van der Waals surface area contributed by atoms with Crippen molar-refractivity contribution in [3.05, 3.63) is 30.1 Å². The smallest absolute Gasteiger partial charge is 0.255 e. The standard InChI is InChI=1S/C13H18N4O/c18-13(11-2-1-3-15-8-11)17-9-12(10-17)16-6-4-14-5-7-16/h1-3,8,12,14H,4-7,9-10H2. The maximum atomic E-state index is 12.1. The molecule has 18 heavy (non-hydrogen) atoms. The molecule has 5 heteroatoms. The van der Waals surface area contributed by atoms with E-state index in [1.165, 1.54) is 0 Å². The lowest BCUT2D eigenvalue weighted by atomic mass is 10.0. The third-order valence-corrected chi connectivity index (χ3v) is 3.73. The topological polar surface area (TPSA) is 48.5 Å². The average Bonchev–Trinajstić information content (AvgIpc) is 2.39. The molecule has 2 aliphatic rings. The predicted octanol–water partition coefficient (Wildman–Crippen LogP) is -0.189. The predicted molar refractivity (Wildman–Crippen MR) is 68.4 cm³/mol. The van der Waals surface area contributed by atoms with Crippen LogP contribution in [0, 0.1) is 0 Å². The van der Waals surface area contributed by atoms with Crippen LogP contribution in [0.15, 0.2) is 24.5 Å². The Labute approximate surface area is 107 Å². The summed E-state index contributed by atoms with van der Waals surface area (Å²) >= 11 is 0. The second-order valence-corrected chi connectivity index (χ2v) is 4.89. The van der Waals surface area contributed by atoms with Gasteiger partial charge in [-0.25, -0.2) is 0 Å². The molecule has 0 radical (unpaired) electrons.